The molecule has 4 aromatic carbocycles. The summed E-state index contributed by atoms with van der Waals surface area (Å²) in [7, 11) is -1.42. The first-order valence-corrected chi connectivity index (χ1v) is 14.2. The number of hydrogen-bond donors (Lipinski definition) is 0. The smallest absolute Gasteiger partial charge is 0.253 e. The lowest BCUT2D eigenvalue weighted by atomic mass is 10.1. The zero-order valence-corrected chi connectivity index (χ0v) is 22.7. The van der Waals surface area contributed by atoms with Gasteiger partial charge in [0.25, 0.3) is 5.91 Å². The van der Waals surface area contributed by atoms with Crippen molar-refractivity contribution in [1.29, 1.82) is 0 Å². The fourth-order valence-corrected chi connectivity index (χ4v) is 5.92. The van der Waals surface area contributed by atoms with Gasteiger partial charge in [0.15, 0.2) is 11.0 Å². The molecule has 4 aromatic rings. The van der Waals surface area contributed by atoms with E-state index in [1.807, 2.05) is 94.1 Å². The Morgan fingerprint density at radius 2 is 1.34 bits per heavy atom. The molecule has 5 rings (SSSR count). The molecule has 5 nitrogen and oxygen atoms in total. The summed E-state index contributed by atoms with van der Waals surface area (Å²) in [6.45, 7) is 4.45. The molecule has 38 heavy (non-hydrogen) atoms. The summed E-state index contributed by atoms with van der Waals surface area (Å²) >= 11 is 6.07. The van der Waals surface area contributed by atoms with Crippen LogP contribution in [0.25, 0.3) is 0 Å². The molecule has 0 aromatic heterocycles. The van der Waals surface area contributed by atoms with Crippen molar-refractivity contribution in [3.05, 3.63) is 131 Å². The molecule has 0 N–H and O–H groups in total. The van der Waals surface area contributed by atoms with Crippen LogP contribution in [-0.2, 0) is 24.1 Å². The first kappa shape index (κ1) is 26.2. The lowest BCUT2D eigenvalue weighted by Gasteiger charge is -2.35. The number of hydrogen-bond acceptors (Lipinski definition) is 3. The third-order valence-electron chi connectivity index (χ3n) is 6.70. The van der Waals surface area contributed by atoms with E-state index >= 15 is 0 Å². The van der Waals surface area contributed by atoms with Gasteiger partial charge in [0.2, 0.25) is 0 Å². The van der Waals surface area contributed by atoms with Crippen LogP contribution in [0.4, 0.5) is 5.69 Å². The van der Waals surface area contributed by atoms with Crippen LogP contribution in [-0.4, -0.2) is 46.1 Å². The molecule has 0 aliphatic carbocycles. The highest BCUT2D eigenvalue weighted by atomic mass is 35.5. The Kier molecular flexibility index (Phi) is 8.54. The van der Waals surface area contributed by atoms with Gasteiger partial charge in [-0.1, -0.05) is 72.3 Å². The van der Waals surface area contributed by atoms with Crippen LogP contribution in [0.2, 0.25) is 5.02 Å². The van der Waals surface area contributed by atoms with Gasteiger partial charge < -0.3 is 4.90 Å². The van der Waals surface area contributed by atoms with Crippen molar-refractivity contribution in [2.24, 2.45) is 0 Å². The van der Waals surface area contributed by atoms with Crippen LogP contribution in [0.15, 0.2) is 114 Å². The number of carbonyl (C=O) groups excluding carboxylic acids is 1. The van der Waals surface area contributed by atoms with Crippen LogP contribution < -0.4 is 4.31 Å². The van der Waals surface area contributed by atoms with Crippen molar-refractivity contribution >= 4 is 34.2 Å². The third kappa shape index (κ3) is 6.51. The fraction of sp³-hybridized carbons (Fsp3) is 0.194. The zero-order valence-electron chi connectivity index (χ0n) is 21.1. The van der Waals surface area contributed by atoms with Crippen molar-refractivity contribution in [2.75, 3.05) is 30.5 Å². The number of nitrogens with zero attached hydrogens (tertiary/aromatic N) is 3. The molecule has 1 aliphatic rings. The highest BCUT2D eigenvalue weighted by Crippen LogP contribution is 2.25. The van der Waals surface area contributed by atoms with E-state index in [1.165, 1.54) is 5.56 Å². The van der Waals surface area contributed by atoms with Gasteiger partial charge >= 0.3 is 0 Å². The van der Waals surface area contributed by atoms with E-state index in [0.717, 1.165) is 35.8 Å². The Morgan fingerprint density at radius 1 is 0.737 bits per heavy atom. The Balaban J connectivity index is 1.27. The van der Waals surface area contributed by atoms with Crippen molar-refractivity contribution in [3.63, 3.8) is 0 Å². The SMILES string of the molecule is O=C(c1ccc(N(Cc2ccc(Cl)cc2)S(=O)c2ccccc2)cc1)N1CCN(Cc2ccccc2)CC1. The van der Waals surface area contributed by atoms with Crippen molar-refractivity contribution < 1.29 is 9.00 Å². The first-order valence-electron chi connectivity index (χ1n) is 12.7. The molecule has 7 heteroatoms. The molecule has 1 unspecified atom stereocenters. The van der Waals surface area contributed by atoms with Gasteiger partial charge in [-0.15, -0.1) is 0 Å². The standard InChI is InChI=1S/C31H30ClN3O2S/c32-28-15-11-26(12-16-28)24-35(38(37)30-9-5-2-6-10-30)29-17-13-27(14-18-29)31(36)34-21-19-33(20-22-34)23-25-7-3-1-4-8-25/h1-18H,19-24H2. The monoisotopic (exact) mass is 543 g/mol. The second-order valence-electron chi connectivity index (χ2n) is 9.33. The van der Waals surface area contributed by atoms with Gasteiger partial charge in [-0.05, 0) is 59.7 Å². The average molecular weight is 544 g/mol. The summed E-state index contributed by atoms with van der Waals surface area (Å²) in [6.07, 6.45) is 0. The maximum Gasteiger partial charge on any atom is 0.253 e. The number of amides is 1. The molecule has 0 spiro atoms. The molecule has 0 saturated carbocycles. The molecule has 0 radical (unpaired) electrons. The summed E-state index contributed by atoms with van der Waals surface area (Å²) < 4.78 is 15.4. The van der Waals surface area contributed by atoms with Gasteiger partial charge in [-0.2, -0.15) is 0 Å². The lowest BCUT2D eigenvalue weighted by Crippen LogP contribution is -2.48. The number of halogens is 1. The molecule has 1 heterocycles. The molecule has 194 valence electrons. The predicted octanol–water partition coefficient (Wildman–Crippen LogP) is 6.03. The number of benzene rings is 4. The maximum absolute atomic E-state index is 13.6. The van der Waals surface area contributed by atoms with E-state index in [-0.39, 0.29) is 5.91 Å². The second kappa shape index (κ2) is 12.4. The van der Waals surface area contributed by atoms with E-state index in [9.17, 15) is 9.00 Å². The van der Waals surface area contributed by atoms with Crippen LogP contribution in [0, 0.1) is 0 Å². The number of anilines is 1. The van der Waals surface area contributed by atoms with E-state index in [4.69, 9.17) is 11.6 Å². The molecular formula is C31H30ClN3O2S. The Hall–Kier alpha value is -3.45. The Bertz CT molecular complexity index is 1360. The Morgan fingerprint density at radius 3 is 1.97 bits per heavy atom. The summed E-state index contributed by atoms with van der Waals surface area (Å²) in [5.74, 6) is 0.0318. The predicted molar refractivity (Wildman–Crippen MR) is 155 cm³/mol. The van der Waals surface area contributed by atoms with Gasteiger partial charge in [0.1, 0.15) is 0 Å². The van der Waals surface area contributed by atoms with Crippen LogP contribution >= 0.6 is 11.6 Å². The van der Waals surface area contributed by atoms with Gasteiger partial charge in [-0.3, -0.25) is 14.0 Å². The van der Waals surface area contributed by atoms with Crippen molar-refractivity contribution in [1.82, 2.24) is 9.80 Å². The van der Waals surface area contributed by atoms with E-state index < -0.39 is 11.0 Å². The van der Waals surface area contributed by atoms with Crippen molar-refractivity contribution in [3.8, 4) is 0 Å². The van der Waals surface area contributed by atoms with Crippen LogP contribution in [0.1, 0.15) is 21.5 Å². The molecule has 1 saturated heterocycles. The van der Waals surface area contributed by atoms with Gasteiger partial charge in [-0.25, -0.2) is 4.21 Å². The third-order valence-corrected chi connectivity index (χ3v) is 8.36. The quantitative estimate of drug-likeness (QED) is 0.273. The summed E-state index contributed by atoms with van der Waals surface area (Å²) in [6, 6.07) is 34.8. The zero-order chi connectivity index (χ0) is 26.3. The first-order chi connectivity index (χ1) is 18.6. The molecule has 1 amide bonds. The van der Waals surface area contributed by atoms with Crippen molar-refractivity contribution in [2.45, 2.75) is 18.0 Å². The molecule has 1 atom stereocenters. The molecule has 1 aliphatic heterocycles. The van der Waals surface area contributed by atoms with E-state index in [0.29, 0.717) is 30.2 Å². The summed E-state index contributed by atoms with van der Waals surface area (Å²) in [4.78, 5) is 18.3. The van der Waals surface area contributed by atoms with E-state index in [2.05, 4.69) is 29.2 Å². The summed E-state index contributed by atoms with van der Waals surface area (Å²) in [5.41, 5.74) is 3.71. The highest BCUT2D eigenvalue weighted by molar-refractivity contribution is 7.86. The highest BCUT2D eigenvalue weighted by Gasteiger charge is 2.23. The van der Waals surface area contributed by atoms with Gasteiger partial charge in [0, 0.05) is 43.3 Å². The minimum atomic E-state index is -1.42. The minimum Gasteiger partial charge on any atom is -0.336 e. The molecular weight excluding hydrogens is 514 g/mol. The topological polar surface area (TPSA) is 43.9 Å². The number of carbonyl (C=O) groups is 1. The number of piperazine rings is 1. The lowest BCUT2D eigenvalue weighted by molar-refractivity contribution is 0.0628. The normalized spacial score (nSPS) is 14.7. The molecule has 1 fully saturated rings. The van der Waals surface area contributed by atoms with Crippen LogP contribution in [0.5, 0.6) is 0 Å². The van der Waals surface area contributed by atoms with E-state index in [1.54, 1.807) is 0 Å². The molecule has 0 bridgehead atoms. The summed E-state index contributed by atoms with van der Waals surface area (Å²) in [5, 5.41) is 0.660. The minimum absolute atomic E-state index is 0.0318. The van der Waals surface area contributed by atoms with Crippen LogP contribution in [0.3, 0.4) is 0 Å². The fourth-order valence-electron chi connectivity index (χ4n) is 4.57. The maximum atomic E-state index is 13.6. The largest absolute Gasteiger partial charge is 0.336 e. The van der Waals surface area contributed by atoms with Gasteiger partial charge in [0.05, 0.1) is 17.1 Å². The Labute approximate surface area is 231 Å². The second-order valence-corrected chi connectivity index (χ2v) is 11.2. The average Bonchev–Trinajstić information content (AvgIpc) is 2.98. The number of rotatable bonds is 8.